The van der Waals surface area contributed by atoms with Crippen LogP contribution in [0.4, 0.5) is 35.1 Å². The standard InChI is InChI=1S/C23H24F4N6S/c1-15-3-2-8-33(15)22-29-18(16-4-6-17(24)7-5-16)13-19(30-22)31-9-11-32(12-10-31)21-20(23(25,26)27)34-14-28-21/h4-7,13-15H,2-3,8-12H2,1H3. The van der Waals surface area contributed by atoms with E-state index in [1.165, 1.54) is 17.6 Å². The van der Waals surface area contributed by atoms with E-state index in [-0.39, 0.29) is 11.6 Å². The quantitative estimate of drug-likeness (QED) is 0.474. The van der Waals surface area contributed by atoms with Crippen LogP contribution in [0.1, 0.15) is 24.6 Å². The van der Waals surface area contributed by atoms with E-state index in [2.05, 4.69) is 21.7 Å². The van der Waals surface area contributed by atoms with Gasteiger partial charge in [-0.15, -0.1) is 11.3 Å². The van der Waals surface area contributed by atoms with Crippen LogP contribution in [0.3, 0.4) is 0 Å². The number of benzene rings is 1. The van der Waals surface area contributed by atoms with Gasteiger partial charge in [-0.1, -0.05) is 0 Å². The molecule has 0 amide bonds. The van der Waals surface area contributed by atoms with E-state index in [9.17, 15) is 17.6 Å². The Morgan fingerprint density at radius 1 is 0.971 bits per heavy atom. The van der Waals surface area contributed by atoms with Crippen molar-refractivity contribution in [2.75, 3.05) is 47.4 Å². The van der Waals surface area contributed by atoms with Gasteiger partial charge in [-0.3, -0.25) is 0 Å². The van der Waals surface area contributed by atoms with Crippen LogP contribution in [0.15, 0.2) is 35.8 Å². The Balaban J connectivity index is 1.42. The second-order valence-electron chi connectivity index (χ2n) is 8.58. The molecule has 1 atom stereocenters. The number of piperazine rings is 1. The lowest BCUT2D eigenvalue weighted by molar-refractivity contribution is -0.134. The molecule has 0 bridgehead atoms. The molecule has 0 N–H and O–H groups in total. The maximum Gasteiger partial charge on any atom is 0.429 e. The fraction of sp³-hybridized carbons (Fsp3) is 0.435. The summed E-state index contributed by atoms with van der Waals surface area (Å²) in [6.45, 7) is 4.82. The molecule has 34 heavy (non-hydrogen) atoms. The molecule has 2 aliphatic heterocycles. The zero-order chi connectivity index (χ0) is 23.9. The van der Waals surface area contributed by atoms with Gasteiger partial charge in [0.2, 0.25) is 5.95 Å². The molecule has 180 valence electrons. The van der Waals surface area contributed by atoms with Crippen molar-refractivity contribution in [1.82, 2.24) is 15.0 Å². The van der Waals surface area contributed by atoms with Crippen LogP contribution < -0.4 is 14.7 Å². The zero-order valence-corrected chi connectivity index (χ0v) is 19.4. The predicted octanol–water partition coefficient (Wildman–Crippen LogP) is 5.07. The molecule has 2 fully saturated rings. The van der Waals surface area contributed by atoms with Crippen LogP contribution in [0.5, 0.6) is 0 Å². The molecular formula is C23H24F4N6S. The van der Waals surface area contributed by atoms with Crippen LogP contribution in [0, 0.1) is 5.82 Å². The van der Waals surface area contributed by atoms with E-state index >= 15 is 0 Å². The van der Waals surface area contributed by atoms with Crippen molar-refractivity contribution in [2.45, 2.75) is 32.0 Å². The third-order valence-corrected chi connectivity index (χ3v) is 7.22. The van der Waals surface area contributed by atoms with Gasteiger partial charge in [0.1, 0.15) is 11.6 Å². The number of nitrogens with zero attached hydrogens (tertiary/aromatic N) is 6. The van der Waals surface area contributed by atoms with E-state index in [1.54, 1.807) is 17.0 Å². The number of halogens is 4. The summed E-state index contributed by atoms with van der Waals surface area (Å²) in [6, 6.07) is 8.38. The second-order valence-corrected chi connectivity index (χ2v) is 9.43. The summed E-state index contributed by atoms with van der Waals surface area (Å²) < 4.78 is 53.4. The minimum Gasteiger partial charge on any atom is -0.353 e. The molecule has 0 saturated carbocycles. The minimum atomic E-state index is -4.41. The first kappa shape index (κ1) is 22.8. The lowest BCUT2D eigenvalue weighted by atomic mass is 10.1. The topological polar surface area (TPSA) is 48.4 Å². The highest BCUT2D eigenvalue weighted by Gasteiger charge is 2.38. The van der Waals surface area contributed by atoms with E-state index in [0.29, 0.717) is 55.2 Å². The SMILES string of the molecule is CC1CCCN1c1nc(-c2ccc(F)cc2)cc(N2CCN(c3ncsc3C(F)(F)F)CC2)n1. The van der Waals surface area contributed by atoms with Gasteiger partial charge in [-0.25, -0.2) is 14.4 Å². The smallest absolute Gasteiger partial charge is 0.353 e. The molecule has 0 aliphatic carbocycles. The average Bonchev–Trinajstić information content (AvgIpc) is 3.49. The van der Waals surface area contributed by atoms with Crippen molar-refractivity contribution in [3.05, 3.63) is 46.5 Å². The van der Waals surface area contributed by atoms with Crippen molar-refractivity contribution in [2.24, 2.45) is 0 Å². The molecule has 2 aromatic heterocycles. The van der Waals surface area contributed by atoms with E-state index in [4.69, 9.17) is 9.97 Å². The Morgan fingerprint density at radius 2 is 1.68 bits per heavy atom. The Hall–Kier alpha value is -2.95. The maximum atomic E-state index is 13.5. The molecule has 0 radical (unpaired) electrons. The first-order valence-corrected chi connectivity index (χ1v) is 12.1. The summed E-state index contributed by atoms with van der Waals surface area (Å²) in [4.78, 5) is 18.9. The van der Waals surface area contributed by atoms with E-state index < -0.39 is 11.1 Å². The van der Waals surface area contributed by atoms with Crippen LogP contribution in [-0.2, 0) is 6.18 Å². The Morgan fingerprint density at radius 3 is 2.32 bits per heavy atom. The first-order valence-electron chi connectivity index (χ1n) is 11.2. The van der Waals surface area contributed by atoms with Crippen LogP contribution in [-0.4, -0.2) is 53.7 Å². The zero-order valence-electron chi connectivity index (χ0n) is 18.6. The van der Waals surface area contributed by atoms with Gasteiger partial charge in [0.05, 0.1) is 11.2 Å². The Kier molecular flexibility index (Phi) is 6.05. The first-order chi connectivity index (χ1) is 16.3. The summed E-state index contributed by atoms with van der Waals surface area (Å²) in [5.74, 6) is 1.03. The Bertz CT molecular complexity index is 1140. The summed E-state index contributed by atoms with van der Waals surface area (Å²) in [6.07, 6.45) is -2.28. The van der Waals surface area contributed by atoms with Gasteiger partial charge in [-0.2, -0.15) is 18.2 Å². The van der Waals surface area contributed by atoms with E-state index in [0.717, 1.165) is 30.8 Å². The molecule has 6 nitrogen and oxygen atoms in total. The Labute approximate surface area is 198 Å². The van der Waals surface area contributed by atoms with Gasteiger partial charge in [0.15, 0.2) is 10.7 Å². The molecule has 11 heteroatoms. The van der Waals surface area contributed by atoms with Crippen LogP contribution >= 0.6 is 11.3 Å². The van der Waals surface area contributed by atoms with Crippen molar-refractivity contribution in [3.8, 4) is 11.3 Å². The van der Waals surface area contributed by atoms with Gasteiger partial charge in [0, 0.05) is 50.4 Å². The third-order valence-electron chi connectivity index (χ3n) is 6.36. The van der Waals surface area contributed by atoms with Gasteiger partial charge in [0.25, 0.3) is 0 Å². The molecule has 2 saturated heterocycles. The average molecular weight is 493 g/mol. The number of thiazole rings is 1. The number of alkyl halides is 3. The van der Waals surface area contributed by atoms with Crippen molar-refractivity contribution >= 4 is 28.9 Å². The minimum absolute atomic E-state index is 0.00146. The summed E-state index contributed by atoms with van der Waals surface area (Å²) in [7, 11) is 0. The molecule has 3 aromatic rings. The van der Waals surface area contributed by atoms with Gasteiger partial charge >= 0.3 is 6.18 Å². The lowest BCUT2D eigenvalue weighted by Gasteiger charge is -2.36. The molecular weight excluding hydrogens is 468 g/mol. The molecule has 1 aromatic carbocycles. The predicted molar refractivity (Wildman–Crippen MR) is 125 cm³/mol. The number of rotatable bonds is 4. The lowest BCUT2D eigenvalue weighted by Crippen LogP contribution is -2.47. The second kappa shape index (κ2) is 9.01. The molecule has 5 rings (SSSR count). The normalized spacial score (nSPS) is 19.2. The molecule has 0 spiro atoms. The number of hydrogen-bond donors (Lipinski definition) is 0. The molecule has 1 unspecified atom stereocenters. The number of aromatic nitrogens is 3. The van der Waals surface area contributed by atoms with Gasteiger partial charge in [-0.05, 0) is 44.0 Å². The van der Waals surface area contributed by atoms with Crippen molar-refractivity contribution in [1.29, 1.82) is 0 Å². The fourth-order valence-corrected chi connectivity index (χ4v) is 5.20. The maximum absolute atomic E-state index is 13.5. The van der Waals surface area contributed by atoms with Crippen molar-refractivity contribution in [3.63, 3.8) is 0 Å². The summed E-state index contributed by atoms with van der Waals surface area (Å²) in [5.41, 5.74) is 2.72. The summed E-state index contributed by atoms with van der Waals surface area (Å²) >= 11 is 0.620. The highest BCUT2D eigenvalue weighted by Crippen LogP contribution is 2.39. The number of anilines is 3. The molecule has 2 aliphatic rings. The monoisotopic (exact) mass is 492 g/mol. The third kappa shape index (κ3) is 4.53. The van der Waals surface area contributed by atoms with Gasteiger partial charge < -0.3 is 14.7 Å². The fourth-order valence-electron chi connectivity index (χ4n) is 4.52. The number of hydrogen-bond acceptors (Lipinski definition) is 7. The van der Waals surface area contributed by atoms with Crippen LogP contribution in [0.2, 0.25) is 0 Å². The summed E-state index contributed by atoms with van der Waals surface area (Å²) in [5, 5.41) is 0. The molecule has 4 heterocycles. The van der Waals surface area contributed by atoms with Crippen molar-refractivity contribution < 1.29 is 17.6 Å². The van der Waals surface area contributed by atoms with Crippen LogP contribution in [0.25, 0.3) is 11.3 Å². The highest BCUT2D eigenvalue weighted by molar-refractivity contribution is 7.10. The largest absolute Gasteiger partial charge is 0.429 e. The highest BCUT2D eigenvalue weighted by atomic mass is 32.1. The van der Waals surface area contributed by atoms with E-state index in [1.807, 2.05) is 6.07 Å².